The van der Waals surface area contributed by atoms with Crippen LogP contribution in [0.3, 0.4) is 0 Å². The standard InChI is InChI=1S/C14H19N3/c1-11-3-4-13(7-12(11)2)8-17-9-14(5-6-15)16-10-17/h3-4,7,9-10H,5-6,8,15H2,1-2H3. The number of aryl methyl sites for hydroxylation is 2. The number of rotatable bonds is 4. The van der Waals surface area contributed by atoms with E-state index in [4.69, 9.17) is 5.73 Å². The summed E-state index contributed by atoms with van der Waals surface area (Å²) >= 11 is 0. The molecule has 0 fully saturated rings. The highest BCUT2D eigenvalue weighted by Crippen LogP contribution is 2.11. The molecule has 90 valence electrons. The Hall–Kier alpha value is -1.61. The molecule has 0 bridgehead atoms. The van der Waals surface area contributed by atoms with Gasteiger partial charge in [0.25, 0.3) is 0 Å². The van der Waals surface area contributed by atoms with Crippen LogP contribution in [0.15, 0.2) is 30.7 Å². The Kier molecular flexibility index (Phi) is 3.59. The fraction of sp³-hybridized carbons (Fsp3) is 0.357. The van der Waals surface area contributed by atoms with Gasteiger partial charge in [0.2, 0.25) is 0 Å². The van der Waals surface area contributed by atoms with E-state index < -0.39 is 0 Å². The third-order valence-corrected chi connectivity index (χ3v) is 3.02. The number of nitrogens with zero attached hydrogens (tertiary/aromatic N) is 2. The van der Waals surface area contributed by atoms with Gasteiger partial charge in [0.05, 0.1) is 12.0 Å². The Labute approximate surface area is 102 Å². The molecular formula is C14H19N3. The second kappa shape index (κ2) is 5.15. The minimum absolute atomic E-state index is 0.653. The summed E-state index contributed by atoms with van der Waals surface area (Å²) in [4.78, 5) is 4.33. The van der Waals surface area contributed by atoms with Gasteiger partial charge in [-0.05, 0) is 37.1 Å². The molecule has 1 aromatic carbocycles. The summed E-state index contributed by atoms with van der Waals surface area (Å²) in [5.41, 5.74) is 10.6. The van der Waals surface area contributed by atoms with Crippen LogP contribution in [0.1, 0.15) is 22.4 Å². The first-order valence-corrected chi connectivity index (χ1v) is 5.96. The average molecular weight is 229 g/mol. The van der Waals surface area contributed by atoms with Gasteiger partial charge in [0.1, 0.15) is 0 Å². The molecular weight excluding hydrogens is 210 g/mol. The summed E-state index contributed by atoms with van der Waals surface area (Å²) in [5.74, 6) is 0. The summed E-state index contributed by atoms with van der Waals surface area (Å²) < 4.78 is 2.11. The normalized spacial score (nSPS) is 10.8. The van der Waals surface area contributed by atoms with Crippen molar-refractivity contribution in [3.63, 3.8) is 0 Å². The lowest BCUT2D eigenvalue weighted by Gasteiger charge is -2.05. The lowest BCUT2D eigenvalue weighted by atomic mass is 10.1. The van der Waals surface area contributed by atoms with Crippen molar-refractivity contribution in [2.24, 2.45) is 5.73 Å². The Morgan fingerprint density at radius 1 is 1.24 bits per heavy atom. The summed E-state index contributed by atoms with van der Waals surface area (Å²) in [6, 6.07) is 6.57. The highest BCUT2D eigenvalue weighted by Gasteiger charge is 2.00. The highest BCUT2D eigenvalue weighted by molar-refractivity contribution is 5.30. The molecule has 1 heterocycles. The van der Waals surface area contributed by atoms with Gasteiger partial charge in [-0.2, -0.15) is 0 Å². The van der Waals surface area contributed by atoms with E-state index in [1.165, 1.54) is 16.7 Å². The topological polar surface area (TPSA) is 43.8 Å². The van der Waals surface area contributed by atoms with Crippen LogP contribution in [0.4, 0.5) is 0 Å². The van der Waals surface area contributed by atoms with Gasteiger partial charge in [0, 0.05) is 19.2 Å². The molecule has 2 N–H and O–H groups in total. The minimum atomic E-state index is 0.653. The summed E-state index contributed by atoms with van der Waals surface area (Å²) in [5, 5.41) is 0. The van der Waals surface area contributed by atoms with E-state index in [-0.39, 0.29) is 0 Å². The molecule has 0 aliphatic carbocycles. The van der Waals surface area contributed by atoms with Gasteiger partial charge in [0.15, 0.2) is 0 Å². The Morgan fingerprint density at radius 2 is 2.06 bits per heavy atom. The first kappa shape index (κ1) is 11.9. The smallest absolute Gasteiger partial charge is 0.0952 e. The molecule has 0 saturated heterocycles. The molecule has 17 heavy (non-hydrogen) atoms. The maximum absolute atomic E-state index is 5.51. The minimum Gasteiger partial charge on any atom is -0.333 e. The second-order valence-electron chi connectivity index (χ2n) is 4.49. The number of hydrogen-bond acceptors (Lipinski definition) is 2. The van der Waals surface area contributed by atoms with Crippen LogP contribution in [0, 0.1) is 13.8 Å². The largest absolute Gasteiger partial charge is 0.333 e. The quantitative estimate of drug-likeness (QED) is 0.872. The van der Waals surface area contributed by atoms with Crippen molar-refractivity contribution >= 4 is 0 Å². The fourth-order valence-corrected chi connectivity index (χ4v) is 1.88. The zero-order chi connectivity index (χ0) is 12.3. The van der Waals surface area contributed by atoms with Gasteiger partial charge < -0.3 is 10.3 Å². The van der Waals surface area contributed by atoms with E-state index in [0.717, 1.165) is 18.7 Å². The molecule has 3 nitrogen and oxygen atoms in total. The molecule has 0 aliphatic rings. The lowest BCUT2D eigenvalue weighted by molar-refractivity contribution is 0.794. The van der Waals surface area contributed by atoms with Gasteiger partial charge in [-0.3, -0.25) is 0 Å². The molecule has 2 rings (SSSR count). The van der Waals surface area contributed by atoms with Crippen LogP contribution in [0.5, 0.6) is 0 Å². The average Bonchev–Trinajstić information content (AvgIpc) is 2.72. The first-order valence-electron chi connectivity index (χ1n) is 5.96. The second-order valence-corrected chi connectivity index (χ2v) is 4.49. The molecule has 2 aromatic rings. The Bertz CT molecular complexity index is 500. The van der Waals surface area contributed by atoms with Gasteiger partial charge in [-0.25, -0.2) is 4.98 Å². The van der Waals surface area contributed by atoms with Crippen molar-refractivity contribution in [3.05, 3.63) is 53.1 Å². The van der Waals surface area contributed by atoms with Crippen molar-refractivity contribution in [3.8, 4) is 0 Å². The Morgan fingerprint density at radius 3 is 2.76 bits per heavy atom. The number of hydrogen-bond donors (Lipinski definition) is 1. The molecule has 0 spiro atoms. The zero-order valence-electron chi connectivity index (χ0n) is 10.5. The van der Waals surface area contributed by atoms with Gasteiger partial charge in [-0.1, -0.05) is 18.2 Å². The number of aromatic nitrogens is 2. The lowest BCUT2D eigenvalue weighted by Crippen LogP contribution is -2.03. The van der Waals surface area contributed by atoms with E-state index in [1.807, 2.05) is 6.33 Å². The molecule has 3 heteroatoms. The SMILES string of the molecule is Cc1ccc(Cn2cnc(CCN)c2)cc1C. The van der Waals surface area contributed by atoms with E-state index in [0.29, 0.717) is 6.54 Å². The molecule has 1 aromatic heterocycles. The third-order valence-electron chi connectivity index (χ3n) is 3.02. The summed E-state index contributed by atoms with van der Waals surface area (Å²) in [7, 11) is 0. The number of imidazole rings is 1. The molecule has 0 amide bonds. The fourth-order valence-electron chi connectivity index (χ4n) is 1.88. The van der Waals surface area contributed by atoms with E-state index in [2.05, 4.69) is 47.8 Å². The molecule has 0 aliphatic heterocycles. The highest BCUT2D eigenvalue weighted by atomic mass is 15.0. The van der Waals surface area contributed by atoms with Crippen LogP contribution < -0.4 is 5.73 Å². The van der Waals surface area contributed by atoms with Gasteiger partial charge >= 0.3 is 0 Å². The van der Waals surface area contributed by atoms with Gasteiger partial charge in [-0.15, -0.1) is 0 Å². The zero-order valence-corrected chi connectivity index (χ0v) is 10.5. The number of benzene rings is 1. The monoisotopic (exact) mass is 229 g/mol. The third kappa shape index (κ3) is 2.94. The predicted molar refractivity (Wildman–Crippen MR) is 70.0 cm³/mol. The van der Waals surface area contributed by atoms with Crippen LogP contribution in [0.2, 0.25) is 0 Å². The molecule has 0 unspecified atom stereocenters. The van der Waals surface area contributed by atoms with Crippen LogP contribution >= 0.6 is 0 Å². The van der Waals surface area contributed by atoms with Crippen molar-refractivity contribution in [1.29, 1.82) is 0 Å². The van der Waals surface area contributed by atoms with Crippen molar-refractivity contribution in [2.75, 3.05) is 6.54 Å². The predicted octanol–water partition coefficient (Wildman–Crippen LogP) is 2.05. The van der Waals surface area contributed by atoms with E-state index in [1.54, 1.807) is 0 Å². The first-order chi connectivity index (χ1) is 8.19. The van der Waals surface area contributed by atoms with Crippen LogP contribution in [-0.2, 0) is 13.0 Å². The van der Waals surface area contributed by atoms with Crippen LogP contribution in [0.25, 0.3) is 0 Å². The van der Waals surface area contributed by atoms with Crippen molar-refractivity contribution in [1.82, 2.24) is 9.55 Å². The van der Waals surface area contributed by atoms with E-state index in [9.17, 15) is 0 Å². The van der Waals surface area contributed by atoms with Crippen LogP contribution in [-0.4, -0.2) is 16.1 Å². The molecule has 0 atom stereocenters. The maximum atomic E-state index is 5.51. The molecule has 0 radical (unpaired) electrons. The maximum Gasteiger partial charge on any atom is 0.0952 e. The van der Waals surface area contributed by atoms with E-state index >= 15 is 0 Å². The molecule has 0 saturated carbocycles. The summed E-state index contributed by atoms with van der Waals surface area (Å²) in [6.45, 7) is 5.81. The Balaban J connectivity index is 2.11. The summed E-state index contributed by atoms with van der Waals surface area (Å²) in [6.07, 6.45) is 4.79. The van der Waals surface area contributed by atoms with Crippen molar-refractivity contribution < 1.29 is 0 Å². The number of nitrogens with two attached hydrogens (primary N) is 1. The van der Waals surface area contributed by atoms with Crippen molar-refractivity contribution in [2.45, 2.75) is 26.8 Å².